The highest BCUT2D eigenvalue weighted by atomic mass is 16.1. The first-order valence-corrected chi connectivity index (χ1v) is 8.71. The van der Waals surface area contributed by atoms with Gasteiger partial charge < -0.3 is 5.32 Å². The van der Waals surface area contributed by atoms with E-state index in [0.717, 1.165) is 19.4 Å². The SMILES string of the molecule is CC1/C=C/NCCCCCCCCCCCCC(=O)C1. The van der Waals surface area contributed by atoms with Gasteiger partial charge in [-0.1, -0.05) is 64.4 Å². The normalized spacial score (nSPS) is 27.1. The van der Waals surface area contributed by atoms with Crippen LogP contribution < -0.4 is 5.32 Å². The molecule has 0 amide bonds. The molecule has 0 saturated carbocycles. The van der Waals surface area contributed by atoms with Gasteiger partial charge in [0.15, 0.2) is 0 Å². The molecule has 1 unspecified atom stereocenters. The van der Waals surface area contributed by atoms with Crippen LogP contribution in [0, 0.1) is 5.92 Å². The van der Waals surface area contributed by atoms with Crippen LogP contribution in [0.3, 0.4) is 0 Å². The molecular weight excluding hydrogens is 246 g/mol. The highest BCUT2D eigenvalue weighted by Crippen LogP contribution is 2.13. The number of hydrogen-bond donors (Lipinski definition) is 1. The van der Waals surface area contributed by atoms with Crippen LogP contribution in [0.1, 0.15) is 84.0 Å². The summed E-state index contributed by atoms with van der Waals surface area (Å²) in [4.78, 5) is 11.8. The summed E-state index contributed by atoms with van der Waals surface area (Å²) in [5.74, 6) is 0.803. The zero-order valence-electron chi connectivity index (χ0n) is 13.3. The fourth-order valence-corrected chi connectivity index (χ4v) is 2.81. The van der Waals surface area contributed by atoms with Crippen LogP contribution in [-0.2, 0) is 4.79 Å². The summed E-state index contributed by atoms with van der Waals surface area (Å²) in [6, 6.07) is 0. The van der Waals surface area contributed by atoms with Gasteiger partial charge in [0.2, 0.25) is 0 Å². The average molecular weight is 279 g/mol. The molecule has 1 rings (SSSR count). The van der Waals surface area contributed by atoms with Crippen molar-refractivity contribution in [1.82, 2.24) is 5.32 Å². The van der Waals surface area contributed by atoms with Crippen molar-refractivity contribution in [3.05, 3.63) is 12.3 Å². The minimum Gasteiger partial charge on any atom is -0.391 e. The molecule has 0 bridgehead atoms. The predicted molar refractivity (Wildman–Crippen MR) is 86.7 cm³/mol. The molecule has 20 heavy (non-hydrogen) atoms. The molecule has 1 N–H and O–H groups in total. The van der Waals surface area contributed by atoms with Crippen molar-refractivity contribution in [2.45, 2.75) is 84.0 Å². The standard InChI is InChI=1S/C18H33NO/c1-17-13-15-19-14-11-9-7-5-3-2-4-6-8-10-12-18(20)16-17/h13,15,17,19H,2-12,14,16H2,1H3/b15-13+. The molecule has 0 spiro atoms. The third-order valence-electron chi connectivity index (χ3n) is 4.12. The molecule has 2 heteroatoms. The van der Waals surface area contributed by atoms with Crippen LogP contribution in [0.2, 0.25) is 0 Å². The Morgan fingerprint density at radius 3 is 2.10 bits per heavy atom. The average Bonchev–Trinajstić information content (AvgIpc) is 2.42. The molecular formula is C18H33NO. The first-order chi connectivity index (χ1) is 9.79. The minimum atomic E-state index is 0.369. The van der Waals surface area contributed by atoms with Gasteiger partial charge in [-0.05, 0) is 25.0 Å². The minimum absolute atomic E-state index is 0.369. The fraction of sp³-hybridized carbons (Fsp3) is 0.833. The lowest BCUT2D eigenvalue weighted by Gasteiger charge is -2.07. The largest absolute Gasteiger partial charge is 0.391 e. The fourth-order valence-electron chi connectivity index (χ4n) is 2.81. The molecule has 2 nitrogen and oxygen atoms in total. The first kappa shape index (κ1) is 17.3. The van der Waals surface area contributed by atoms with Gasteiger partial charge in [-0.25, -0.2) is 0 Å². The Kier molecular flexibility index (Phi) is 10.3. The molecule has 116 valence electrons. The molecule has 0 aromatic rings. The van der Waals surface area contributed by atoms with Gasteiger partial charge in [-0.3, -0.25) is 4.79 Å². The van der Waals surface area contributed by atoms with Crippen LogP contribution in [0.15, 0.2) is 12.3 Å². The van der Waals surface area contributed by atoms with E-state index >= 15 is 0 Å². The van der Waals surface area contributed by atoms with E-state index in [4.69, 9.17) is 0 Å². The molecule has 1 heterocycles. The summed E-state index contributed by atoms with van der Waals surface area (Å²) in [7, 11) is 0. The molecule has 0 aliphatic carbocycles. The van der Waals surface area contributed by atoms with E-state index in [-0.39, 0.29) is 0 Å². The highest BCUT2D eigenvalue weighted by Gasteiger charge is 2.06. The molecule has 1 aliphatic heterocycles. The second kappa shape index (κ2) is 12.0. The van der Waals surface area contributed by atoms with Crippen molar-refractivity contribution in [3.8, 4) is 0 Å². The number of carbonyl (C=O) groups excluding carboxylic acids is 1. The van der Waals surface area contributed by atoms with Gasteiger partial charge >= 0.3 is 0 Å². The molecule has 1 aliphatic rings. The van der Waals surface area contributed by atoms with Gasteiger partial charge in [-0.15, -0.1) is 0 Å². The van der Waals surface area contributed by atoms with Gasteiger partial charge in [0.1, 0.15) is 5.78 Å². The predicted octanol–water partition coefficient (Wildman–Crippen LogP) is 4.99. The van der Waals surface area contributed by atoms with Crippen LogP contribution in [0.5, 0.6) is 0 Å². The number of nitrogens with one attached hydrogen (secondary N) is 1. The number of hydrogen-bond acceptors (Lipinski definition) is 2. The van der Waals surface area contributed by atoms with Crippen molar-refractivity contribution < 1.29 is 4.79 Å². The molecule has 0 radical (unpaired) electrons. The number of carbonyl (C=O) groups is 1. The second-order valence-corrected chi connectivity index (χ2v) is 6.32. The molecule has 0 aromatic heterocycles. The maximum atomic E-state index is 11.8. The van der Waals surface area contributed by atoms with E-state index in [1.54, 1.807) is 0 Å². The smallest absolute Gasteiger partial charge is 0.133 e. The summed E-state index contributed by atoms with van der Waals surface area (Å²) in [5, 5.41) is 3.34. The topological polar surface area (TPSA) is 29.1 Å². The van der Waals surface area contributed by atoms with E-state index < -0.39 is 0 Å². The Morgan fingerprint density at radius 2 is 1.45 bits per heavy atom. The van der Waals surface area contributed by atoms with Gasteiger partial charge in [0.25, 0.3) is 0 Å². The van der Waals surface area contributed by atoms with Crippen molar-refractivity contribution in [3.63, 3.8) is 0 Å². The lowest BCUT2D eigenvalue weighted by atomic mass is 10.00. The van der Waals surface area contributed by atoms with E-state index in [0.29, 0.717) is 18.1 Å². The van der Waals surface area contributed by atoms with Crippen molar-refractivity contribution in [2.24, 2.45) is 5.92 Å². The lowest BCUT2D eigenvalue weighted by molar-refractivity contribution is -0.119. The maximum absolute atomic E-state index is 11.8. The molecule has 1 atom stereocenters. The van der Waals surface area contributed by atoms with E-state index in [1.807, 2.05) is 6.20 Å². The lowest BCUT2D eigenvalue weighted by Crippen LogP contribution is -2.09. The highest BCUT2D eigenvalue weighted by molar-refractivity contribution is 5.78. The summed E-state index contributed by atoms with van der Waals surface area (Å²) in [6.45, 7) is 3.20. The zero-order chi connectivity index (χ0) is 14.5. The Labute approximate surface area is 125 Å². The van der Waals surface area contributed by atoms with Crippen LogP contribution in [0.25, 0.3) is 0 Å². The third kappa shape index (κ3) is 10.1. The third-order valence-corrected chi connectivity index (χ3v) is 4.12. The summed E-state index contributed by atoms with van der Waals surface area (Å²) in [6.07, 6.45) is 18.8. The monoisotopic (exact) mass is 279 g/mol. The Hall–Kier alpha value is -0.790. The van der Waals surface area contributed by atoms with E-state index in [2.05, 4.69) is 18.3 Å². The molecule has 0 saturated heterocycles. The van der Waals surface area contributed by atoms with Gasteiger partial charge in [0, 0.05) is 19.4 Å². The van der Waals surface area contributed by atoms with Crippen molar-refractivity contribution in [2.75, 3.05) is 6.54 Å². The Balaban J connectivity index is 2.27. The van der Waals surface area contributed by atoms with Gasteiger partial charge in [-0.2, -0.15) is 0 Å². The summed E-state index contributed by atoms with van der Waals surface area (Å²) < 4.78 is 0. The maximum Gasteiger partial charge on any atom is 0.133 e. The number of ketones is 1. The van der Waals surface area contributed by atoms with Crippen LogP contribution >= 0.6 is 0 Å². The Bertz CT molecular complexity index is 273. The van der Waals surface area contributed by atoms with Crippen molar-refractivity contribution in [1.29, 1.82) is 0 Å². The van der Waals surface area contributed by atoms with Crippen molar-refractivity contribution >= 4 is 5.78 Å². The summed E-state index contributed by atoms with van der Waals surface area (Å²) in [5.41, 5.74) is 0. The van der Waals surface area contributed by atoms with Crippen LogP contribution in [-0.4, -0.2) is 12.3 Å². The van der Waals surface area contributed by atoms with Crippen LogP contribution in [0.4, 0.5) is 0 Å². The number of Topliss-reactive ketones (excluding diaryl/α,β-unsaturated/α-hetero) is 1. The van der Waals surface area contributed by atoms with Gasteiger partial charge in [0.05, 0.1) is 0 Å². The summed E-state index contributed by atoms with van der Waals surface area (Å²) >= 11 is 0. The number of rotatable bonds is 0. The number of allylic oxidation sites excluding steroid dienone is 1. The Morgan fingerprint density at radius 1 is 0.900 bits per heavy atom. The quantitative estimate of drug-likeness (QED) is 0.677. The second-order valence-electron chi connectivity index (χ2n) is 6.32. The first-order valence-electron chi connectivity index (χ1n) is 8.71. The molecule has 0 aromatic carbocycles. The van der Waals surface area contributed by atoms with E-state index in [1.165, 1.54) is 57.8 Å². The molecule has 0 fully saturated rings. The van der Waals surface area contributed by atoms with E-state index in [9.17, 15) is 4.79 Å². The zero-order valence-corrected chi connectivity index (χ0v) is 13.3.